The molecule has 12 nitrogen and oxygen atoms in total. The fourth-order valence-corrected chi connectivity index (χ4v) is 4.74. The predicted molar refractivity (Wildman–Crippen MR) is 137 cm³/mol. The second-order valence-electron chi connectivity index (χ2n) is 10.9. The number of aliphatic hydroxyl groups is 3. The highest BCUT2D eigenvalue weighted by Crippen LogP contribution is 2.32. The van der Waals surface area contributed by atoms with Crippen LogP contribution in [0.3, 0.4) is 0 Å². The number of aromatic nitrogens is 2. The fourth-order valence-electron chi connectivity index (χ4n) is 4.74. The van der Waals surface area contributed by atoms with E-state index in [9.17, 15) is 24.9 Å². The molecule has 2 fully saturated rings. The van der Waals surface area contributed by atoms with E-state index in [2.05, 4.69) is 43.2 Å². The van der Waals surface area contributed by atoms with Gasteiger partial charge in [0, 0.05) is 38.3 Å². The SMILES string of the molecule is CC(C)(C)c1ccc(CNC[C@H](O[C@@H]2O[C@H](CN)[C@@H](O)[C@H]2O)[C@@H]2C[C@@H](O)[C@H](n3ccc(=O)[nH]c3=O)O2)cc1. The largest absolute Gasteiger partial charge is 0.388 e. The molecule has 7 N–H and O–H groups in total. The first kappa shape index (κ1) is 28.6. The van der Waals surface area contributed by atoms with Gasteiger partial charge in [-0.3, -0.25) is 14.3 Å². The lowest BCUT2D eigenvalue weighted by atomic mass is 9.87. The van der Waals surface area contributed by atoms with Crippen LogP contribution >= 0.6 is 0 Å². The summed E-state index contributed by atoms with van der Waals surface area (Å²) in [4.78, 5) is 25.9. The van der Waals surface area contributed by atoms with E-state index in [0.717, 1.165) is 10.1 Å². The van der Waals surface area contributed by atoms with Gasteiger partial charge in [0.15, 0.2) is 12.5 Å². The maximum absolute atomic E-state index is 12.3. The Kier molecular flexibility index (Phi) is 8.85. The average molecular weight is 535 g/mol. The van der Waals surface area contributed by atoms with Gasteiger partial charge < -0.3 is 40.6 Å². The van der Waals surface area contributed by atoms with Gasteiger partial charge in [0.2, 0.25) is 0 Å². The lowest BCUT2D eigenvalue weighted by Gasteiger charge is -2.28. The quantitative estimate of drug-likeness (QED) is 0.235. The summed E-state index contributed by atoms with van der Waals surface area (Å²) in [5.41, 5.74) is 6.68. The van der Waals surface area contributed by atoms with Crippen LogP contribution in [0.1, 0.15) is 44.5 Å². The number of rotatable bonds is 9. The van der Waals surface area contributed by atoms with Crippen LogP contribution in [0.5, 0.6) is 0 Å². The molecule has 2 aliphatic heterocycles. The van der Waals surface area contributed by atoms with Crippen molar-refractivity contribution in [3.63, 3.8) is 0 Å². The van der Waals surface area contributed by atoms with Gasteiger partial charge in [0.25, 0.3) is 5.56 Å². The van der Waals surface area contributed by atoms with Crippen molar-refractivity contribution in [2.75, 3.05) is 13.1 Å². The van der Waals surface area contributed by atoms with Crippen LogP contribution in [0, 0.1) is 0 Å². The summed E-state index contributed by atoms with van der Waals surface area (Å²) < 4.78 is 18.8. The Morgan fingerprint density at radius 1 is 1.13 bits per heavy atom. The molecule has 0 amide bonds. The predicted octanol–water partition coefficient (Wildman–Crippen LogP) is -0.937. The number of aliphatic hydroxyl groups excluding tert-OH is 3. The zero-order valence-electron chi connectivity index (χ0n) is 21.8. The highest BCUT2D eigenvalue weighted by atomic mass is 16.7. The minimum absolute atomic E-state index is 0.00140. The first-order valence-corrected chi connectivity index (χ1v) is 12.8. The molecule has 4 rings (SSSR count). The van der Waals surface area contributed by atoms with Gasteiger partial charge in [0.1, 0.15) is 24.4 Å². The van der Waals surface area contributed by atoms with Crippen molar-refractivity contribution in [3.8, 4) is 0 Å². The summed E-state index contributed by atoms with van der Waals surface area (Å²) in [5.74, 6) is 0. The third kappa shape index (κ3) is 6.41. The second kappa shape index (κ2) is 11.8. The van der Waals surface area contributed by atoms with Gasteiger partial charge in [-0.05, 0) is 16.5 Å². The summed E-state index contributed by atoms with van der Waals surface area (Å²) in [5, 5.41) is 34.7. The fraction of sp³-hybridized carbons (Fsp3) is 0.615. The molecule has 2 aromatic rings. The Hall–Kier alpha value is -2.42. The number of nitrogens with zero attached hydrogens (tertiary/aromatic N) is 1. The molecule has 0 aliphatic carbocycles. The van der Waals surface area contributed by atoms with Gasteiger partial charge in [0.05, 0.1) is 12.2 Å². The standard InChI is InChI=1S/C26H38N4O8/c1-26(2,3)15-6-4-14(5-7-15)12-28-13-19(38-24-22(34)21(33)18(11-27)37-24)17-10-16(31)23(36-17)30-9-8-20(32)29-25(30)35/h4-9,16-19,21-24,28,31,33-34H,10-13,27H2,1-3H3,(H,29,32,35)/t16-,17+,18-,19+,21-,22-,23-,24+/m1/s1. The van der Waals surface area contributed by atoms with Crippen LogP contribution in [0.15, 0.2) is 46.1 Å². The molecule has 3 heterocycles. The molecular formula is C26H38N4O8. The zero-order chi connectivity index (χ0) is 27.6. The topological polar surface area (TPSA) is 181 Å². The monoisotopic (exact) mass is 534 g/mol. The Labute approximate surface area is 220 Å². The molecule has 12 heteroatoms. The smallest absolute Gasteiger partial charge is 0.330 e. The number of nitrogens with one attached hydrogen (secondary N) is 2. The minimum Gasteiger partial charge on any atom is -0.388 e. The van der Waals surface area contributed by atoms with E-state index < -0.39 is 60.4 Å². The number of hydrogen-bond donors (Lipinski definition) is 6. The Balaban J connectivity index is 1.47. The van der Waals surface area contributed by atoms with E-state index in [0.29, 0.717) is 6.54 Å². The molecule has 0 spiro atoms. The molecular weight excluding hydrogens is 496 g/mol. The van der Waals surface area contributed by atoms with Crippen LogP contribution in [0.4, 0.5) is 0 Å². The number of aromatic amines is 1. The molecule has 0 radical (unpaired) electrons. The number of ether oxygens (including phenoxy) is 3. The highest BCUT2D eigenvalue weighted by molar-refractivity contribution is 5.27. The van der Waals surface area contributed by atoms with E-state index in [1.807, 2.05) is 12.1 Å². The molecule has 2 saturated heterocycles. The number of nitrogens with two attached hydrogens (primary N) is 1. The maximum atomic E-state index is 12.3. The van der Waals surface area contributed by atoms with E-state index in [4.69, 9.17) is 19.9 Å². The molecule has 2 aliphatic rings. The first-order chi connectivity index (χ1) is 18.0. The molecule has 0 unspecified atom stereocenters. The van der Waals surface area contributed by atoms with Crippen LogP contribution in [0.2, 0.25) is 0 Å². The van der Waals surface area contributed by atoms with Crippen molar-refractivity contribution in [2.45, 2.75) is 88.3 Å². The normalized spacial score (nSPS) is 30.6. The highest BCUT2D eigenvalue weighted by Gasteiger charge is 2.46. The van der Waals surface area contributed by atoms with Crippen molar-refractivity contribution < 1.29 is 29.5 Å². The van der Waals surface area contributed by atoms with Gasteiger partial charge in [-0.25, -0.2) is 4.79 Å². The van der Waals surface area contributed by atoms with Gasteiger partial charge >= 0.3 is 5.69 Å². The second-order valence-corrected chi connectivity index (χ2v) is 10.9. The molecule has 0 saturated carbocycles. The minimum atomic E-state index is -1.32. The van der Waals surface area contributed by atoms with Gasteiger partial charge in [-0.2, -0.15) is 0 Å². The van der Waals surface area contributed by atoms with E-state index in [-0.39, 0.29) is 24.9 Å². The van der Waals surface area contributed by atoms with Crippen LogP contribution in [-0.4, -0.2) is 80.9 Å². The molecule has 1 aromatic heterocycles. The average Bonchev–Trinajstić information content (AvgIpc) is 3.37. The lowest BCUT2D eigenvalue weighted by Crippen LogP contribution is -2.44. The number of hydrogen-bond acceptors (Lipinski definition) is 10. The van der Waals surface area contributed by atoms with Crippen LogP contribution < -0.4 is 22.3 Å². The Morgan fingerprint density at radius 2 is 1.84 bits per heavy atom. The number of benzene rings is 1. The van der Waals surface area contributed by atoms with Crippen molar-refractivity contribution in [1.82, 2.24) is 14.9 Å². The zero-order valence-corrected chi connectivity index (χ0v) is 21.8. The van der Waals surface area contributed by atoms with Crippen molar-refractivity contribution >= 4 is 0 Å². The van der Waals surface area contributed by atoms with Crippen LogP contribution in [0.25, 0.3) is 0 Å². The molecule has 1 aromatic carbocycles. The Morgan fingerprint density at radius 3 is 2.45 bits per heavy atom. The molecule has 8 atom stereocenters. The molecule has 38 heavy (non-hydrogen) atoms. The van der Waals surface area contributed by atoms with Crippen molar-refractivity contribution in [2.24, 2.45) is 5.73 Å². The third-order valence-electron chi connectivity index (χ3n) is 7.01. The van der Waals surface area contributed by atoms with Gasteiger partial charge in [-0.1, -0.05) is 45.0 Å². The summed E-state index contributed by atoms with van der Waals surface area (Å²) >= 11 is 0. The van der Waals surface area contributed by atoms with E-state index in [1.165, 1.54) is 17.8 Å². The van der Waals surface area contributed by atoms with Crippen molar-refractivity contribution in [1.29, 1.82) is 0 Å². The van der Waals surface area contributed by atoms with E-state index >= 15 is 0 Å². The summed E-state index contributed by atoms with van der Waals surface area (Å²) in [6.07, 6.45) is -6.62. The van der Waals surface area contributed by atoms with Crippen molar-refractivity contribution in [3.05, 3.63) is 68.5 Å². The summed E-state index contributed by atoms with van der Waals surface area (Å²) in [6.45, 7) is 7.22. The summed E-state index contributed by atoms with van der Waals surface area (Å²) in [6, 6.07) is 9.44. The molecule has 210 valence electrons. The maximum Gasteiger partial charge on any atom is 0.330 e. The number of H-pyrrole nitrogens is 1. The molecule has 0 bridgehead atoms. The first-order valence-electron chi connectivity index (χ1n) is 12.8. The van der Waals surface area contributed by atoms with Crippen LogP contribution in [-0.2, 0) is 26.2 Å². The third-order valence-corrected chi connectivity index (χ3v) is 7.01. The summed E-state index contributed by atoms with van der Waals surface area (Å²) in [7, 11) is 0. The van der Waals surface area contributed by atoms with Gasteiger partial charge in [-0.15, -0.1) is 0 Å². The lowest BCUT2D eigenvalue weighted by molar-refractivity contribution is -0.213. The van der Waals surface area contributed by atoms with E-state index in [1.54, 1.807) is 0 Å². The Bertz CT molecular complexity index is 1180.